The van der Waals surface area contributed by atoms with Crippen LogP contribution in [0.2, 0.25) is 0 Å². The summed E-state index contributed by atoms with van der Waals surface area (Å²) in [5.74, 6) is -1.35. The molecule has 22 heavy (non-hydrogen) atoms. The van der Waals surface area contributed by atoms with Gasteiger partial charge >= 0.3 is 11.9 Å². The summed E-state index contributed by atoms with van der Waals surface area (Å²) in [6.45, 7) is 7.23. The first-order valence-corrected chi connectivity index (χ1v) is 6.82. The molecule has 122 valence electrons. The summed E-state index contributed by atoms with van der Waals surface area (Å²) >= 11 is 0. The first-order chi connectivity index (χ1) is 10.2. The van der Waals surface area contributed by atoms with Crippen molar-refractivity contribution < 1.29 is 23.9 Å². The zero-order chi connectivity index (χ0) is 17.0. The van der Waals surface area contributed by atoms with E-state index in [2.05, 4.69) is 11.3 Å². The van der Waals surface area contributed by atoms with Crippen molar-refractivity contribution in [1.29, 1.82) is 0 Å². The summed E-state index contributed by atoms with van der Waals surface area (Å²) < 4.78 is 9.30. The molecule has 0 aromatic rings. The predicted molar refractivity (Wildman–Crippen MR) is 79.4 cm³/mol. The quantitative estimate of drug-likeness (QED) is 0.332. The van der Waals surface area contributed by atoms with Gasteiger partial charge in [0.15, 0.2) is 0 Å². The van der Waals surface area contributed by atoms with Crippen LogP contribution < -0.4 is 5.73 Å². The Morgan fingerprint density at radius 2 is 1.86 bits per heavy atom. The molecule has 7 nitrogen and oxygen atoms in total. The van der Waals surface area contributed by atoms with Gasteiger partial charge in [-0.15, -0.1) is 0 Å². The zero-order valence-corrected chi connectivity index (χ0v) is 13.3. The van der Waals surface area contributed by atoms with Crippen molar-refractivity contribution in [2.75, 3.05) is 14.2 Å². The average molecular weight is 310 g/mol. The summed E-state index contributed by atoms with van der Waals surface area (Å²) in [5.41, 5.74) is 7.24. The Kier molecular flexibility index (Phi) is 5.87. The number of hydrogen-bond acceptors (Lipinski definition) is 6. The second-order valence-electron chi connectivity index (χ2n) is 5.35. The smallest absolute Gasteiger partial charge is 0.354 e. The number of carbonyl (C=O) groups excluding carboxylic acids is 3. The van der Waals surface area contributed by atoms with Crippen molar-refractivity contribution in [3.63, 3.8) is 0 Å². The van der Waals surface area contributed by atoms with E-state index in [9.17, 15) is 14.4 Å². The van der Waals surface area contributed by atoms with Crippen molar-refractivity contribution >= 4 is 17.8 Å². The topological polar surface area (TPSA) is 98.9 Å². The number of nitrogens with zero attached hydrogens (tertiary/aromatic N) is 1. The molecular weight excluding hydrogens is 288 g/mol. The van der Waals surface area contributed by atoms with E-state index in [4.69, 9.17) is 10.5 Å². The van der Waals surface area contributed by atoms with Gasteiger partial charge in [0.25, 0.3) is 0 Å². The van der Waals surface area contributed by atoms with Crippen molar-refractivity contribution in [2.24, 2.45) is 5.73 Å². The number of amides is 1. The largest absolute Gasteiger partial charge is 0.469 e. The van der Waals surface area contributed by atoms with E-state index in [0.717, 1.165) is 0 Å². The number of likely N-dealkylation sites (tertiary alicyclic amines) is 1. The van der Waals surface area contributed by atoms with E-state index < -0.39 is 24.0 Å². The van der Waals surface area contributed by atoms with Crippen molar-refractivity contribution in [2.45, 2.75) is 38.8 Å². The number of ether oxygens (including phenoxy) is 2. The third kappa shape index (κ3) is 3.54. The first-order valence-electron chi connectivity index (χ1n) is 6.82. The van der Waals surface area contributed by atoms with Gasteiger partial charge < -0.3 is 15.2 Å². The van der Waals surface area contributed by atoms with Gasteiger partial charge in [-0.05, 0) is 25.8 Å². The number of esters is 2. The Morgan fingerprint density at radius 1 is 1.27 bits per heavy atom. The standard InChI is InChI=1S/C15H22N2O5/c1-8(2)13(15(20)22-5)17-10(12(16)14(17)19)6-9(3)7-11(18)21-4/h10,12H,3,6-7,16H2,1-2,4-5H3/t10-,12-/m1/s1. The Bertz CT molecular complexity index is 534. The highest BCUT2D eigenvalue weighted by Gasteiger charge is 2.48. The summed E-state index contributed by atoms with van der Waals surface area (Å²) in [4.78, 5) is 36.5. The summed E-state index contributed by atoms with van der Waals surface area (Å²) in [5, 5.41) is 0. The predicted octanol–water partition coefficient (Wildman–Crippen LogP) is 0.501. The minimum atomic E-state index is -0.728. The van der Waals surface area contributed by atoms with Gasteiger partial charge in [0.1, 0.15) is 11.7 Å². The molecule has 0 spiro atoms. The molecule has 1 saturated heterocycles. The van der Waals surface area contributed by atoms with Gasteiger partial charge in [-0.1, -0.05) is 12.2 Å². The maximum Gasteiger partial charge on any atom is 0.354 e. The number of hydrogen-bond donors (Lipinski definition) is 1. The normalized spacial score (nSPS) is 20.0. The number of nitrogens with two attached hydrogens (primary N) is 1. The van der Waals surface area contributed by atoms with Crippen molar-refractivity contribution in [3.8, 4) is 0 Å². The molecule has 7 heteroatoms. The molecule has 1 fully saturated rings. The van der Waals surface area contributed by atoms with Crippen molar-refractivity contribution in [1.82, 2.24) is 4.90 Å². The van der Waals surface area contributed by atoms with Crippen LogP contribution in [0.25, 0.3) is 0 Å². The molecule has 1 aliphatic heterocycles. The molecule has 0 saturated carbocycles. The monoisotopic (exact) mass is 310 g/mol. The van der Waals surface area contributed by atoms with Gasteiger partial charge in [0.05, 0.1) is 26.7 Å². The van der Waals surface area contributed by atoms with E-state index in [0.29, 0.717) is 17.6 Å². The zero-order valence-electron chi connectivity index (χ0n) is 13.3. The molecule has 0 aromatic carbocycles. The van der Waals surface area contributed by atoms with E-state index in [1.54, 1.807) is 13.8 Å². The molecule has 1 rings (SSSR count). The Labute approximate surface area is 129 Å². The van der Waals surface area contributed by atoms with Crippen LogP contribution in [-0.4, -0.2) is 49.0 Å². The van der Waals surface area contributed by atoms with Crippen LogP contribution in [0.5, 0.6) is 0 Å². The molecule has 2 atom stereocenters. The van der Waals surface area contributed by atoms with Gasteiger partial charge in [-0.2, -0.15) is 0 Å². The molecule has 0 aromatic heterocycles. The number of methoxy groups -OCH3 is 2. The molecule has 2 N–H and O–H groups in total. The number of rotatable bonds is 6. The fraction of sp³-hybridized carbons (Fsp3) is 0.533. The van der Waals surface area contributed by atoms with E-state index in [1.165, 1.54) is 19.1 Å². The number of β-lactam (4-membered cyclic amide) rings is 1. The van der Waals surface area contributed by atoms with E-state index in [-0.39, 0.29) is 18.0 Å². The maximum absolute atomic E-state index is 12.0. The van der Waals surface area contributed by atoms with E-state index >= 15 is 0 Å². The van der Waals surface area contributed by atoms with Crippen molar-refractivity contribution in [3.05, 3.63) is 23.4 Å². The SMILES string of the molecule is C=C(CC(=O)OC)C[C@@H]1[C@@H](N)C(=O)N1C(C(=O)OC)=C(C)C. The van der Waals surface area contributed by atoms with Crippen LogP contribution in [-0.2, 0) is 23.9 Å². The Morgan fingerprint density at radius 3 is 2.32 bits per heavy atom. The van der Waals surface area contributed by atoms with Gasteiger partial charge in [0, 0.05) is 0 Å². The lowest BCUT2D eigenvalue weighted by atomic mass is 9.88. The lowest BCUT2D eigenvalue weighted by Crippen LogP contribution is -2.68. The highest BCUT2D eigenvalue weighted by atomic mass is 16.5. The summed E-state index contributed by atoms with van der Waals surface area (Å²) in [6.07, 6.45) is 0.361. The highest BCUT2D eigenvalue weighted by molar-refractivity contribution is 6.00. The molecule has 0 unspecified atom stereocenters. The Balaban J connectivity index is 2.92. The third-order valence-corrected chi connectivity index (χ3v) is 3.48. The second-order valence-corrected chi connectivity index (χ2v) is 5.35. The minimum Gasteiger partial charge on any atom is -0.469 e. The molecule has 1 amide bonds. The van der Waals surface area contributed by atoms with Crippen LogP contribution in [0.3, 0.4) is 0 Å². The lowest BCUT2D eigenvalue weighted by Gasteiger charge is -2.46. The average Bonchev–Trinajstić information content (AvgIpc) is 2.48. The Hall–Kier alpha value is -2.15. The van der Waals surface area contributed by atoms with Crippen LogP contribution in [0.1, 0.15) is 26.7 Å². The number of carbonyl (C=O) groups is 3. The summed E-state index contributed by atoms with van der Waals surface area (Å²) in [6, 6.07) is -1.15. The van der Waals surface area contributed by atoms with Crippen LogP contribution in [0, 0.1) is 0 Å². The maximum atomic E-state index is 12.0. The second kappa shape index (κ2) is 7.22. The molecule has 0 radical (unpaired) electrons. The fourth-order valence-electron chi connectivity index (χ4n) is 2.35. The lowest BCUT2D eigenvalue weighted by molar-refractivity contribution is -0.152. The molecular formula is C15H22N2O5. The molecule has 0 bridgehead atoms. The first kappa shape index (κ1) is 17.9. The van der Waals surface area contributed by atoms with Gasteiger partial charge in [-0.25, -0.2) is 4.79 Å². The highest BCUT2D eigenvalue weighted by Crippen LogP contribution is 2.31. The molecule has 1 heterocycles. The van der Waals surface area contributed by atoms with Gasteiger partial charge in [0.2, 0.25) is 5.91 Å². The number of allylic oxidation sites excluding steroid dienone is 1. The van der Waals surface area contributed by atoms with Crippen LogP contribution in [0.4, 0.5) is 0 Å². The van der Waals surface area contributed by atoms with Gasteiger partial charge in [-0.3, -0.25) is 14.5 Å². The third-order valence-electron chi connectivity index (χ3n) is 3.48. The van der Waals surface area contributed by atoms with Crippen LogP contribution >= 0.6 is 0 Å². The van der Waals surface area contributed by atoms with Crippen LogP contribution in [0.15, 0.2) is 23.4 Å². The minimum absolute atomic E-state index is 0.0458. The van der Waals surface area contributed by atoms with E-state index in [1.807, 2.05) is 0 Å². The summed E-state index contributed by atoms with van der Waals surface area (Å²) in [7, 11) is 2.54. The molecule has 0 aliphatic carbocycles. The fourth-order valence-corrected chi connectivity index (χ4v) is 2.35. The molecule has 1 aliphatic rings.